The molecule has 0 aliphatic carbocycles. The van der Waals surface area contributed by atoms with E-state index in [9.17, 15) is 0 Å². The molecule has 1 aliphatic heterocycles. The normalized spacial score (nSPS) is 20.0. The van der Waals surface area contributed by atoms with Crippen LogP contribution in [0.1, 0.15) is 38.3 Å². The lowest BCUT2D eigenvalue weighted by atomic mass is 10.1. The van der Waals surface area contributed by atoms with Gasteiger partial charge in [0.2, 0.25) is 0 Å². The highest BCUT2D eigenvalue weighted by molar-refractivity contribution is 7.13. The summed E-state index contributed by atoms with van der Waals surface area (Å²) in [6.45, 7) is 3.30. The van der Waals surface area contributed by atoms with E-state index >= 15 is 0 Å². The van der Waals surface area contributed by atoms with Gasteiger partial charge in [-0.05, 0) is 25.7 Å². The van der Waals surface area contributed by atoms with Crippen LogP contribution in [0.3, 0.4) is 0 Å². The first-order valence-electron chi connectivity index (χ1n) is 5.99. The summed E-state index contributed by atoms with van der Waals surface area (Å²) in [5.74, 6) is 2.74. The Hall–Kier alpha value is -1.01. The molecular weight excluding hydrogens is 216 g/mol. The van der Waals surface area contributed by atoms with Gasteiger partial charge in [0.1, 0.15) is 0 Å². The number of anilines is 1. The van der Waals surface area contributed by atoms with E-state index in [0.717, 1.165) is 25.8 Å². The summed E-state index contributed by atoms with van der Waals surface area (Å²) in [4.78, 5) is 7.11. The second-order valence-electron chi connectivity index (χ2n) is 4.21. The molecule has 0 spiro atoms. The largest absolute Gasteiger partial charge is 0.345 e. The van der Waals surface area contributed by atoms with E-state index < -0.39 is 0 Å². The highest BCUT2D eigenvalue weighted by atomic mass is 32.1. The standard InChI is InChI=1S/C13H18N2S/c1-3-5-7-12-8-6-9-15(12)13-14-11(4-2)10-16-13/h1,10,12H,4-9H2,2H3. The molecule has 0 aromatic carbocycles. The minimum atomic E-state index is 0.618. The first kappa shape index (κ1) is 11.5. The molecular formula is C13H18N2S. The van der Waals surface area contributed by atoms with Crippen LogP contribution in [0.2, 0.25) is 0 Å². The Labute approximate surface area is 102 Å². The van der Waals surface area contributed by atoms with Crippen molar-refractivity contribution in [3.8, 4) is 12.3 Å². The van der Waals surface area contributed by atoms with E-state index in [2.05, 4.69) is 28.1 Å². The van der Waals surface area contributed by atoms with Gasteiger partial charge in [-0.25, -0.2) is 4.98 Å². The second kappa shape index (κ2) is 5.36. The number of nitrogens with zero attached hydrogens (tertiary/aromatic N) is 2. The van der Waals surface area contributed by atoms with Gasteiger partial charge < -0.3 is 4.90 Å². The molecule has 86 valence electrons. The number of rotatable bonds is 4. The zero-order chi connectivity index (χ0) is 11.4. The van der Waals surface area contributed by atoms with Crippen molar-refractivity contribution >= 4 is 16.5 Å². The number of thiazole rings is 1. The molecule has 0 amide bonds. The molecule has 0 bridgehead atoms. The van der Waals surface area contributed by atoms with Crippen molar-refractivity contribution in [3.63, 3.8) is 0 Å². The Kier molecular flexibility index (Phi) is 3.84. The van der Waals surface area contributed by atoms with Crippen molar-refractivity contribution < 1.29 is 0 Å². The lowest BCUT2D eigenvalue weighted by Crippen LogP contribution is -2.28. The number of aryl methyl sites for hydroxylation is 1. The molecule has 1 saturated heterocycles. The summed E-state index contributed by atoms with van der Waals surface area (Å²) in [7, 11) is 0. The predicted molar refractivity (Wildman–Crippen MR) is 69.9 cm³/mol. The average molecular weight is 234 g/mol. The molecule has 0 N–H and O–H groups in total. The number of terminal acetylenes is 1. The Bertz CT molecular complexity index is 378. The quantitative estimate of drug-likeness (QED) is 0.744. The van der Waals surface area contributed by atoms with Gasteiger partial charge in [0.05, 0.1) is 5.69 Å². The summed E-state index contributed by atoms with van der Waals surface area (Å²) in [6.07, 6.45) is 10.9. The van der Waals surface area contributed by atoms with Crippen LogP contribution in [0.4, 0.5) is 5.13 Å². The highest BCUT2D eigenvalue weighted by Crippen LogP contribution is 2.30. The average Bonchev–Trinajstić information content (AvgIpc) is 2.94. The fourth-order valence-electron chi connectivity index (χ4n) is 2.23. The van der Waals surface area contributed by atoms with Crippen molar-refractivity contribution in [2.24, 2.45) is 0 Å². The van der Waals surface area contributed by atoms with E-state index in [0.29, 0.717) is 6.04 Å². The molecule has 1 aromatic rings. The Balaban J connectivity index is 2.04. The van der Waals surface area contributed by atoms with Gasteiger partial charge >= 0.3 is 0 Å². The zero-order valence-electron chi connectivity index (χ0n) is 9.78. The van der Waals surface area contributed by atoms with Crippen LogP contribution in [0, 0.1) is 12.3 Å². The topological polar surface area (TPSA) is 16.1 Å². The molecule has 1 aliphatic rings. The van der Waals surface area contributed by atoms with Crippen molar-refractivity contribution in [2.45, 2.75) is 45.1 Å². The minimum absolute atomic E-state index is 0.618. The lowest BCUT2D eigenvalue weighted by Gasteiger charge is -2.23. The van der Waals surface area contributed by atoms with E-state index in [1.54, 1.807) is 11.3 Å². The number of aromatic nitrogens is 1. The third-order valence-corrected chi connectivity index (χ3v) is 4.07. The van der Waals surface area contributed by atoms with Gasteiger partial charge in [0.25, 0.3) is 0 Å². The molecule has 1 unspecified atom stereocenters. The van der Waals surface area contributed by atoms with E-state index in [-0.39, 0.29) is 0 Å². The van der Waals surface area contributed by atoms with Gasteiger partial charge in [-0.2, -0.15) is 0 Å². The van der Waals surface area contributed by atoms with E-state index in [1.807, 2.05) is 0 Å². The molecule has 0 radical (unpaired) electrons. The first-order valence-corrected chi connectivity index (χ1v) is 6.87. The first-order chi connectivity index (χ1) is 7.85. The maximum Gasteiger partial charge on any atom is 0.185 e. The molecule has 3 heteroatoms. The van der Waals surface area contributed by atoms with Crippen LogP contribution in [-0.4, -0.2) is 17.6 Å². The van der Waals surface area contributed by atoms with Crippen molar-refractivity contribution in [1.29, 1.82) is 0 Å². The monoisotopic (exact) mass is 234 g/mol. The molecule has 0 saturated carbocycles. The van der Waals surface area contributed by atoms with Crippen LogP contribution in [0.15, 0.2) is 5.38 Å². The summed E-state index contributed by atoms with van der Waals surface area (Å²) in [5, 5.41) is 3.36. The maximum atomic E-state index is 5.33. The lowest BCUT2D eigenvalue weighted by molar-refractivity contribution is 0.621. The summed E-state index contributed by atoms with van der Waals surface area (Å²) in [5.41, 5.74) is 1.21. The molecule has 1 atom stereocenters. The molecule has 1 fully saturated rings. The van der Waals surface area contributed by atoms with E-state index in [1.165, 1.54) is 23.7 Å². The number of hydrogen-bond acceptors (Lipinski definition) is 3. The summed E-state index contributed by atoms with van der Waals surface area (Å²) >= 11 is 1.77. The molecule has 2 rings (SSSR count). The molecule has 2 heterocycles. The Morgan fingerprint density at radius 3 is 3.25 bits per heavy atom. The SMILES string of the molecule is C#CCCC1CCCN1c1nc(CC)cs1. The molecule has 2 nitrogen and oxygen atoms in total. The summed E-state index contributed by atoms with van der Waals surface area (Å²) in [6, 6.07) is 0.618. The highest BCUT2D eigenvalue weighted by Gasteiger charge is 2.25. The van der Waals surface area contributed by atoms with Crippen molar-refractivity contribution in [1.82, 2.24) is 4.98 Å². The van der Waals surface area contributed by atoms with Crippen LogP contribution < -0.4 is 4.90 Å². The van der Waals surface area contributed by atoms with Crippen LogP contribution in [0.25, 0.3) is 0 Å². The predicted octanol–water partition coefficient (Wildman–Crippen LogP) is 3.09. The van der Waals surface area contributed by atoms with Crippen LogP contribution >= 0.6 is 11.3 Å². The van der Waals surface area contributed by atoms with Gasteiger partial charge in [-0.1, -0.05) is 6.92 Å². The third kappa shape index (κ3) is 2.38. The second-order valence-corrected chi connectivity index (χ2v) is 5.04. The molecule has 16 heavy (non-hydrogen) atoms. The zero-order valence-corrected chi connectivity index (χ0v) is 10.6. The summed E-state index contributed by atoms with van der Waals surface area (Å²) < 4.78 is 0. The minimum Gasteiger partial charge on any atom is -0.345 e. The fraction of sp³-hybridized carbons (Fsp3) is 0.615. The Morgan fingerprint density at radius 2 is 2.56 bits per heavy atom. The van der Waals surface area contributed by atoms with Crippen molar-refractivity contribution in [3.05, 3.63) is 11.1 Å². The smallest absolute Gasteiger partial charge is 0.185 e. The van der Waals surface area contributed by atoms with Gasteiger partial charge in [0.15, 0.2) is 5.13 Å². The molecule has 1 aromatic heterocycles. The maximum absolute atomic E-state index is 5.33. The van der Waals surface area contributed by atoms with Gasteiger partial charge in [-0.15, -0.1) is 23.7 Å². The van der Waals surface area contributed by atoms with Gasteiger partial charge in [-0.3, -0.25) is 0 Å². The van der Waals surface area contributed by atoms with E-state index in [4.69, 9.17) is 6.42 Å². The van der Waals surface area contributed by atoms with Gasteiger partial charge in [0, 0.05) is 24.4 Å². The van der Waals surface area contributed by atoms with Crippen LogP contribution in [-0.2, 0) is 6.42 Å². The third-order valence-electron chi connectivity index (χ3n) is 3.15. The Morgan fingerprint density at radius 1 is 1.69 bits per heavy atom. The van der Waals surface area contributed by atoms with Crippen molar-refractivity contribution in [2.75, 3.05) is 11.4 Å². The van der Waals surface area contributed by atoms with Crippen LogP contribution in [0.5, 0.6) is 0 Å². The number of hydrogen-bond donors (Lipinski definition) is 0. The fourth-order valence-corrected chi connectivity index (χ4v) is 3.23.